The fourth-order valence-corrected chi connectivity index (χ4v) is 2.37. The predicted octanol–water partition coefficient (Wildman–Crippen LogP) is -0.984. The highest BCUT2D eigenvalue weighted by Gasteiger charge is 2.07. The lowest BCUT2D eigenvalue weighted by atomic mass is 10.9. The Balaban J connectivity index is 2.58. The molecular formula is C5H9N5O3S2. The number of aromatic nitrogens is 3. The lowest BCUT2D eigenvalue weighted by Gasteiger charge is -2.00. The molecule has 84 valence electrons. The van der Waals surface area contributed by atoms with Gasteiger partial charge < -0.3 is 11.5 Å². The van der Waals surface area contributed by atoms with E-state index in [-0.39, 0.29) is 28.6 Å². The molecule has 0 aliphatic carbocycles. The van der Waals surface area contributed by atoms with Crippen molar-refractivity contribution >= 4 is 33.8 Å². The Morgan fingerprint density at radius 1 is 1.20 bits per heavy atom. The first-order valence-corrected chi connectivity index (χ1v) is 6.31. The fraction of sp³-hybridized carbons (Fsp3) is 0.400. The number of nitrogen functional groups attached to an aromatic ring is 2. The molecule has 0 atom stereocenters. The molecule has 0 aliphatic rings. The molecule has 15 heavy (non-hydrogen) atoms. The number of thioether (sulfide) groups is 1. The monoisotopic (exact) mass is 251 g/mol. The van der Waals surface area contributed by atoms with E-state index in [1.54, 1.807) is 0 Å². The molecular weight excluding hydrogens is 242 g/mol. The molecule has 8 nitrogen and oxygen atoms in total. The molecule has 1 heterocycles. The van der Waals surface area contributed by atoms with Crippen molar-refractivity contribution in [3.8, 4) is 0 Å². The minimum Gasteiger partial charge on any atom is -0.368 e. The van der Waals surface area contributed by atoms with Gasteiger partial charge in [0.15, 0.2) is 5.16 Å². The molecule has 0 spiro atoms. The van der Waals surface area contributed by atoms with Crippen LogP contribution in [0, 0.1) is 0 Å². The number of hydrogen-bond acceptors (Lipinski definition) is 8. The number of hydrogen-bond donors (Lipinski definition) is 3. The Hall–Kier alpha value is -1.13. The number of rotatable bonds is 4. The maximum Gasteiger partial charge on any atom is 0.265 e. The minimum absolute atomic E-state index is 0.0307. The van der Waals surface area contributed by atoms with Gasteiger partial charge in [-0.3, -0.25) is 4.55 Å². The zero-order valence-electron chi connectivity index (χ0n) is 7.49. The standard InChI is InChI=1S/C5H9N5O3S2/c6-3-8-4(7)10-5(9-3)14-1-2-15(11,12)13/h1-2H2,(H,11,12,13)(H4,6,7,8,9,10). The second-order valence-corrected chi connectivity index (χ2v) is 5.10. The third kappa shape index (κ3) is 4.76. The van der Waals surface area contributed by atoms with E-state index in [0.717, 1.165) is 11.8 Å². The summed E-state index contributed by atoms with van der Waals surface area (Å²) in [5.41, 5.74) is 10.6. The van der Waals surface area contributed by atoms with Crippen LogP contribution in [-0.4, -0.2) is 39.4 Å². The van der Waals surface area contributed by atoms with Crippen molar-refractivity contribution in [2.45, 2.75) is 5.16 Å². The Labute approximate surface area is 90.3 Å². The molecule has 0 saturated heterocycles. The van der Waals surface area contributed by atoms with Crippen LogP contribution in [-0.2, 0) is 10.1 Å². The summed E-state index contributed by atoms with van der Waals surface area (Å²) in [7, 11) is -3.97. The summed E-state index contributed by atoms with van der Waals surface area (Å²) in [5.74, 6) is -0.334. The van der Waals surface area contributed by atoms with Crippen LogP contribution in [0.1, 0.15) is 0 Å². The van der Waals surface area contributed by atoms with Crippen LogP contribution in [0.5, 0.6) is 0 Å². The van der Waals surface area contributed by atoms with E-state index in [1.807, 2.05) is 0 Å². The van der Waals surface area contributed by atoms with E-state index >= 15 is 0 Å². The van der Waals surface area contributed by atoms with Crippen LogP contribution in [0.15, 0.2) is 5.16 Å². The Bertz CT molecular complexity index is 428. The first kappa shape index (κ1) is 11.9. The SMILES string of the molecule is Nc1nc(N)nc(SCCS(=O)(=O)O)n1. The summed E-state index contributed by atoms with van der Waals surface area (Å²) in [6, 6.07) is 0. The van der Waals surface area contributed by atoms with Gasteiger partial charge >= 0.3 is 0 Å². The van der Waals surface area contributed by atoms with Crippen molar-refractivity contribution in [1.82, 2.24) is 15.0 Å². The predicted molar refractivity (Wildman–Crippen MR) is 55.8 cm³/mol. The topological polar surface area (TPSA) is 145 Å². The van der Waals surface area contributed by atoms with Gasteiger partial charge in [-0.25, -0.2) is 0 Å². The first-order chi connectivity index (χ1) is 6.87. The average molecular weight is 251 g/mol. The van der Waals surface area contributed by atoms with Crippen molar-refractivity contribution < 1.29 is 13.0 Å². The van der Waals surface area contributed by atoms with Crippen molar-refractivity contribution in [3.63, 3.8) is 0 Å². The zero-order valence-corrected chi connectivity index (χ0v) is 9.12. The van der Waals surface area contributed by atoms with E-state index < -0.39 is 10.1 Å². The molecule has 0 amide bonds. The molecule has 1 aromatic rings. The Morgan fingerprint density at radius 3 is 2.20 bits per heavy atom. The highest BCUT2D eigenvalue weighted by molar-refractivity contribution is 8.00. The van der Waals surface area contributed by atoms with Gasteiger partial charge in [-0.2, -0.15) is 23.4 Å². The van der Waals surface area contributed by atoms with Crippen LogP contribution in [0.3, 0.4) is 0 Å². The van der Waals surface area contributed by atoms with Crippen molar-refractivity contribution in [2.24, 2.45) is 0 Å². The molecule has 0 aromatic carbocycles. The summed E-state index contributed by atoms with van der Waals surface area (Å²) in [6.45, 7) is 0. The van der Waals surface area contributed by atoms with E-state index in [9.17, 15) is 8.42 Å². The van der Waals surface area contributed by atoms with Gasteiger partial charge in [-0.15, -0.1) is 0 Å². The smallest absolute Gasteiger partial charge is 0.265 e. The quantitative estimate of drug-likeness (QED) is 0.453. The van der Waals surface area contributed by atoms with Crippen molar-refractivity contribution in [3.05, 3.63) is 0 Å². The molecule has 0 unspecified atom stereocenters. The van der Waals surface area contributed by atoms with Gasteiger partial charge in [0.25, 0.3) is 10.1 Å². The van der Waals surface area contributed by atoms with Crippen molar-refractivity contribution in [1.29, 1.82) is 0 Å². The second-order valence-electron chi connectivity index (χ2n) is 2.47. The molecule has 1 aromatic heterocycles. The molecule has 0 saturated carbocycles. The number of nitrogens with two attached hydrogens (primary N) is 2. The molecule has 0 radical (unpaired) electrons. The second kappa shape index (κ2) is 4.59. The first-order valence-electron chi connectivity index (χ1n) is 3.72. The molecule has 10 heteroatoms. The van der Waals surface area contributed by atoms with E-state index in [1.165, 1.54) is 0 Å². The van der Waals surface area contributed by atoms with Gasteiger partial charge in [0, 0.05) is 5.75 Å². The molecule has 5 N–H and O–H groups in total. The van der Waals surface area contributed by atoms with Crippen LogP contribution >= 0.6 is 11.8 Å². The number of nitrogens with zero attached hydrogens (tertiary/aromatic N) is 3. The largest absolute Gasteiger partial charge is 0.368 e. The number of anilines is 2. The van der Waals surface area contributed by atoms with Gasteiger partial charge in [0.2, 0.25) is 11.9 Å². The highest BCUT2D eigenvalue weighted by Crippen LogP contribution is 2.14. The summed E-state index contributed by atoms with van der Waals surface area (Å²) in [5, 5.41) is 0.226. The molecule has 0 bridgehead atoms. The summed E-state index contributed by atoms with van der Waals surface area (Å²) in [6.07, 6.45) is 0. The van der Waals surface area contributed by atoms with Gasteiger partial charge in [-0.1, -0.05) is 11.8 Å². The lowest BCUT2D eigenvalue weighted by molar-refractivity contribution is 0.485. The Kier molecular flexibility index (Phi) is 3.66. The summed E-state index contributed by atoms with van der Waals surface area (Å²) in [4.78, 5) is 11.0. The van der Waals surface area contributed by atoms with Crippen LogP contribution in [0.4, 0.5) is 11.9 Å². The minimum atomic E-state index is -3.97. The normalized spacial score (nSPS) is 11.5. The highest BCUT2D eigenvalue weighted by atomic mass is 32.2. The summed E-state index contributed by atoms with van der Waals surface area (Å²) < 4.78 is 29.3. The van der Waals surface area contributed by atoms with Crippen LogP contribution in [0.2, 0.25) is 0 Å². The van der Waals surface area contributed by atoms with Crippen molar-refractivity contribution in [2.75, 3.05) is 23.0 Å². The van der Waals surface area contributed by atoms with Gasteiger partial charge in [-0.05, 0) is 0 Å². The lowest BCUT2D eigenvalue weighted by Crippen LogP contribution is -2.08. The van der Waals surface area contributed by atoms with Gasteiger partial charge in [0.05, 0.1) is 5.75 Å². The van der Waals surface area contributed by atoms with Gasteiger partial charge in [0.1, 0.15) is 0 Å². The molecule has 0 aliphatic heterocycles. The Morgan fingerprint density at radius 2 is 1.73 bits per heavy atom. The van der Waals surface area contributed by atoms with E-state index in [0.29, 0.717) is 0 Å². The third-order valence-electron chi connectivity index (χ3n) is 1.22. The zero-order chi connectivity index (χ0) is 11.5. The third-order valence-corrected chi connectivity index (χ3v) is 3.05. The average Bonchev–Trinajstić information content (AvgIpc) is 1.99. The maximum atomic E-state index is 10.4. The summed E-state index contributed by atoms with van der Waals surface area (Å²) >= 11 is 1.01. The maximum absolute atomic E-state index is 10.4. The molecule has 0 fully saturated rings. The fourth-order valence-electron chi connectivity index (χ4n) is 0.691. The van der Waals surface area contributed by atoms with Crippen LogP contribution in [0.25, 0.3) is 0 Å². The van der Waals surface area contributed by atoms with E-state index in [2.05, 4.69) is 15.0 Å². The molecule has 1 rings (SSSR count). The van der Waals surface area contributed by atoms with Crippen LogP contribution < -0.4 is 11.5 Å². The van der Waals surface area contributed by atoms with E-state index in [4.69, 9.17) is 16.0 Å².